The van der Waals surface area contributed by atoms with Crippen LogP contribution in [0.2, 0.25) is 0 Å². The first-order valence-electron chi connectivity index (χ1n) is 6.40. The van der Waals surface area contributed by atoms with Crippen molar-refractivity contribution in [1.82, 2.24) is 9.97 Å². The number of nitrogens with zero attached hydrogens (tertiary/aromatic N) is 1. The minimum atomic E-state index is -0.0529. The Bertz CT molecular complexity index is 418. The van der Waals surface area contributed by atoms with E-state index < -0.39 is 0 Å². The summed E-state index contributed by atoms with van der Waals surface area (Å²) in [5.74, 6) is 2.95. The Morgan fingerprint density at radius 3 is 2.78 bits per heavy atom. The van der Waals surface area contributed by atoms with Crippen LogP contribution < -0.4 is 5.56 Å². The van der Waals surface area contributed by atoms with Crippen molar-refractivity contribution in [2.24, 2.45) is 11.8 Å². The van der Waals surface area contributed by atoms with Gasteiger partial charge in [0.05, 0.1) is 0 Å². The molecule has 0 bridgehead atoms. The van der Waals surface area contributed by atoms with Crippen LogP contribution in [0, 0.1) is 11.8 Å². The number of rotatable bonds is 7. The van der Waals surface area contributed by atoms with Crippen molar-refractivity contribution in [2.75, 3.05) is 11.5 Å². The zero-order valence-electron chi connectivity index (χ0n) is 11.3. The van der Waals surface area contributed by atoms with Gasteiger partial charge < -0.3 is 4.98 Å². The molecule has 0 amide bonds. The van der Waals surface area contributed by atoms with Crippen LogP contribution >= 0.6 is 24.4 Å². The lowest BCUT2D eigenvalue weighted by Crippen LogP contribution is -2.15. The fraction of sp³-hybridized carbons (Fsp3) is 0.692. The summed E-state index contributed by atoms with van der Waals surface area (Å²) in [7, 11) is 0. The Morgan fingerprint density at radius 1 is 1.50 bits per heavy atom. The fourth-order valence-corrected chi connectivity index (χ4v) is 3.53. The molecule has 0 aliphatic heterocycles. The summed E-state index contributed by atoms with van der Waals surface area (Å²) in [6.45, 7) is 6.49. The molecule has 1 N–H and O–H groups in total. The summed E-state index contributed by atoms with van der Waals surface area (Å²) in [5.41, 5.74) is 0.832. The lowest BCUT2D eigenvalue weighted by molar-refractivity contribution is 0.473. The number of aromatic nitrogens is 2. The SMILES string of the molecule is CCCc1cc(=O)[nH]c(SCC(CS)C(C)C)n1. The van der Waals surface area contributed by atoms with Crippen LogP contribution in [0.4, 0.5) is 0 Å². The molecule has 5 heteroatoms. The largest absolute Gasteiger partial charge is 0.301 e. The maximum Gasteiger partial charge on any atom is 0.251 e. The van der Waals surface area contributed by atoms with Crippen molar-refractivity contribution < 1.29 is 0 Å². The summed E-state index contributed by atoms with van der Waals surface area (Å²) in [6, 6.07) is 1.59. The molecular formula is C13H22N2OS2. The van der Waals surface area contributed by atoms with Crippen LogP contribution in [0.25, 0.3) is 0 Å². The molecule has 3 nitrogen and oxygen atoms in total. The van der Waals surface area contributed by atoms with E-state index >= 15 is 0 Å². The van der Waals surface area contributed by atoms with Crippen LogP contribution in [0.1, 0.15) is 32.9 Å². The third kappa shape index (κ3) is 5.06. The van der Waals surface area contributed by atoms with E-state index in [2.05, 4.69) is 43.4 Å². The number of hydrogen-bond donors (Lipinski definition) is 2. The molecule has 1 aromatic heterocycles. The molecule has 0 saturated heterocycles. The number of aryl methyl sites for hydroxylation is 1. The fourth-order valence-electron chi connectivity index (χ4n) is 1.58. The summed E-state index contributed by atoms with van der Waals surface area (Å²) in [5, 5.41) is 0.735. The van der Waals surface area contributed by atoms with Crippen molar-refractivity contribution in [3.63, 3.8) is 0 Å². The number of aromatic amines is 1. The summed E-state index contributed by atoms with van der Waals surface area (Å²) in [6.07, 6.45) is 1.86. The predicted octanol–water partition coefficient (Wildman–Crippen LogP) is 3.02. The number of hydrogen-bond acceptors (Lipinski definition) is 4. The quantitative estimate of drug-likeness (QED) is 0.460. The van der Waals surface area contributed by atoms with Crippen LogP contribution in [-0.4, -0.2) is 21.5 Å². The Morgan fingerprint density at radius 2 is 2.22 bits per heavy atom. The number of thioether (sulfide) groups is 1. The number of thiol groups is 1. The highest BCUT2D eigenvalue weighted by atomic mass is 32.2. The maximum absolute atomic E-state index is 11.5. The highest BCUT2D eigenvalue weighted by Crippen LogP contribution is 2.22. The molecule has 0 fully saturated rings. The first-order valence-corrected chi connectivity index (χ1v) is 8.02. The third-order valence-electron chi connectivity index (χ3n) is 2.89. The first kappa shape index (κ1) is 15.6. The molecule has 1 atom stereocenters. The molecule has 0 aliphatic rings. The highest BCUT2D eigenvalue weighted by Gasteiger charge is 2.13. The van der Waals surface area contributed by atoms with Gasteiger partial charge >= 0.3 is 0 Å². The van der Waals surface area contributed by atoms with E-state index in [1.54, 1.807) is 17.8 Å². The van der Waals surface area contributed by atoms with E-state index in [4.69, 9.17) is 0 Å². The average molecular weight is 286 g/mol. The second-order valence-electron chi connectivity index (χ2n) is 4.79. The Balaban J connectivity index is 2.69. The van der Waals surface area contributed by atoms with Crippen molar-refractivity contribution >= 4 is 24.4 Å². The normalized spacial score (nSPS) is 12.9. The van der Waals surface area contributed by atoms with Crippen molar-refractivity contribution in [3.8, 4) is 0 Å². The van der Waals surface area contributed by atoms with Gasteiger partial charge in [-0.3, -0.25) is 4.79 Å². The van der Waals surface area contributed by atoms with Crippen LogP contribution in [0.15, 0.2) is 16.0 Å². The van der Waals surface area contributed by atoms with Gasteiger partial charge in [-0.25, -0.2) is 4.98 Å². The van der Waals surface area contributed by atoms with Crippen LogP contribution in [0.3, 0.4) is 0 Å². The molecular weight excluding hydrogens is 264 g/mol. The van der Waals surface area contributed by atoms with E-state index in [1.807, 2.05) is 0 Å². The lowest BCUT2D eigenvalue weighted by atomic mass is 10.0. The second kappa shape index (κ2) is 7.89. The van der Waals surface area contributed by atoms with Gasteiger partial charge in [-0.1, -0.05) is 39.0 Å². The van der Waals surface area contributed by atoms with E-state index in [-0.39, 0.29) is 5.56 Å². The minimum Gasteiger partial charge on any atom is -0.301 e. The van der Waals surface area contributed by atoms with E-state index in [0.717, 1.165) is 35.2 Å². The maximum atomic E-state index is 11.5. The Labute approximate surface area is 119 Å². The van der Waals surface area contributed by atoms with Gasteiger partial charge in [-0.15, -0.1) is 0 Å². The monoisotopic (exact) mass is 286 g/mol. The third-order valence-corrected chi connectivity index (χ3v) is 4.42. The van der Waals surface area contributed by atoms with Gasteiger partial charge in [0, 0.05) is 17.5 Å². The minimum absolute atomic E-state index is 0.0529. The average Bonchev–Trinajstić information content (AvgIpc) is 2.29. The molecule has 102 valence electrons. The van der Waals surface area contributed by atoms with Gasteiger partial charge in [0.1, 0.15) is 0 Å². The smallest absolute Gasteiger partial charge is 0.251 e. The molecule has 1 heterocycles. The first-order chi connectivity index (χ1) is 8.56. The van der Waals surface area contributed by atoms with E-state index in [0.29, 0.717) is 11.8 Å². The van der Waals surface area contributed by atoms with Gasteiger partial charge in [0.15, 0.2) is 5.16 Å². The molecule has 1 rings (SSSR count). The molecule has 0 radical (unpaired) electrons. The highest BCUT2D eigenvalue weighted by molar-refractivity contribution is 7.99. The van der Waals surface area contributed by atoms with Crippen molar-refractivity contribution in [2.45, 2.75) is 38.8 Å². The van der Waals surface area contributed by atoms with Gasteiger partial charge in [-0.05, 0) is 24.0 Å². The standard InChI is InChI=1S/C13H22N2OS2/c1-4-5-11-6-12(16)15-13(14-11)18-8-10(7-17)9(2)3/h6,9-10,17H,4-5,7-8H2,1-3H3,(H,14,15,16). The molecule has 0 aliphatic carbocycles. The van der Waals surface area contributed by atoms with Crippen LogP contribution in [-0.2, 0) is 6.42 Å². The van der Waals surface area contributed by atoms with Gasteiger partial charge in [0.2, 0.25) is 0 Å². The topological polar surface area (TPSA) is 45.8 Å². The summed E-state index contributed by atoms with van der Waals surface area (Å²) < 4.78 is 0. The van der Waals surface area contributed by atoms with Gasteiger partial charge in [-0.2, -0.15) is 12.6 Å². The Hall–Kier alpha value is -0.420. The second-order valence-corrected chi connectivity index (χ2v) is 6.16. The molecule has 1 unspecified atom stereocenters. The number of nitrogens with one attached hydrogen (secondary N) is 1. The van der Waals surface area contributed by atoms with Crippen molar-refractivity contribution in [3.05, 3.63) is 22.1 Å². The van der Waals surface area contributed by atoms with Crippen LogP contribution in [0.5, 0.6) is 0 Å². The zero-order valence-corrected chi connectivity index (χ0v) is 13.0. The molecule has 0 aromatic carbocycles. The predicted molar refractivity (Wildman–Crippen MR) is 81.8 cm³/mol. The van der Waals surface area contributed by atoms with Crippen molar-refractivity contribution in [1.29, 1.82) is 0 Å². The molecule has 0 saturated carbocycles. The molecule has 1 aromatic rings. The molecule has 0 spiro atoms. The zero-order chi connectivity index (χ0) is 13.5. The summed E-state index contributed by atoms with van der Waals surface area (Å²) in [4.78, 5) is 18.8. The Kier molecular flexibility index (Phi) is 6.86. The molecule has 18 heavy (non-hydrogen) atoms. The lowest BCUT2D eigenvalue weighted by Gasteiger charge is -2.17. The van der Waals surface area contributed by atoms with E-state index in [1.165, 1.54) is 0 Å². The summed E-state index contributed by atoms with van der Waals surface area (Å²) >= 11 is 5.99. The number of H-pyrrole nitrogens is 1. The van der Waals surface area contributed by atoms with Gasteiger partial charge in [0.25, 0.3) is 5.56 Å². The van der Waals surface area contributed by atoms with E-state index in [9.17, 15) is 4.79 Å².